The second-order valence-corrected chi connectivity index (χ2v) is 25.9. The molecule has 12 nitrogen and oxygen atoms in total. The first kappa shape index (κ1) is 64.5. The Morgan fingerprint density at radius 1 is 0.400 bits per heavy atom. The molecule has 0 aromatic carbocycles. The maximum Gasteiger partial charge on any atom is 0.333 e. The van der Waals surface area contributed by atoms with E-state index in [0.29, 0.717) is 40.4 Å². The van der Waals surface area contributed by atoms with Crippen LogP contribution in [0.3, 0.4) is 0 Å². The van der Waals surface area contributed by atoms with Crippen LogP contribution in [0.4, 0.5) is 0 Å². The molecule has 0 unspecified atom stereocenters. The van der Waals surface area contributed by atoms with Crippen molar-refractivity contribution in [3.63, 3.8) is 0 Å². The van der Waals surface area contributed by atoms with Gasteiger partial charge in [-0.3, -0.25) is 0 Å². The van der Waals surface area contributed by atoms with E-state index in [4.69, 9.17) is 28.4 Å². The molecule has 0 aromatic rings. The van der Waals surface area contributed by atoms with Crippen LogP contribution < -0.4 is 0 Å². The van der Waals surface area contributed by atoms with Crippen LogP contribution in [0.1, 0.15) is 206 Å². The van der Waals surface area contributed by atoms with E-state index in [1.54, 1.807) is 20.8 Å². The average molecular weight is 1050 g/mol. The largest absolute Gasteiger partial charge is 0.457 e. The molecule has 10 aliphatic rings. The van der Waals surface area contributed by atoms with Gasteiger partial charge in [-0.25, -0.2) is 28.8 Å². The monoisotopic (exact) mass is 1050 g/mol. The molecule has 12 heteroatoms. The van der Waals surface area contributed by atoms with Crippen LogP contribution in [0.15, 0.2) is 74.4 Å². The van der Waals surface area contributed by atoms with Crippen molar-refractivity contribution in [2.75, 3.05) is 0 Å². The van der Waals surface area contributed by atoms with Gasteiger partial charge in [0.2, 0.25) is 0 Å². The minimum absolute atomic E-state index is 0.194. The summed E-state index contributed by atoms with van der Waals surface area (Å²) in [6, 6.07) is 0. The van der Waals surface area contributed by atoms with Crippen LogP contribution in [0.25, 0.3) is 0 Å². The Morgan fingerprint density at radius 3 is 0.947 bits per heavy atom. The van der Waals surface area contributed by atoms with Crippen molar-refractivity contribution < 1.29 is 57.2 Å². The van der Waals surface area contributed by atoms with Gasteiger partial charge < -0.3 is 28.4 Å². The van der Waals surface area contributed by atoms with Gasteiger partial charge in [0, 0.05) is 34.9 Å². The first-order chi connectivity index (χ1) is 34.6. The summed E-state index contributed by atoms with van der Waals surface area (Å²) in [7, 11) is 0. The molecule has 0 atom stereocenters. The molecule has 0 aliphatic heterocycles. The molecule has 10 fully saturated rings. The Labute approximate surface area is 452 Å². The van der Waals surface area contributed by atoms with Crippen LogP contribution in [0.2, 0.25) is 0 Å². The molecule has 0 spiro atoms. The molecule has 0 heterocycles. The molecule has 0 N–H and O–H groups in total. The number of hydrogen-bond donors (Lipinski definition) is 0. The van der Waals surface area contributed by atoms with Crippen molar-refractivity contribution in [3.8, 4) is 0 Å². The summed E-state index contributed by atoms with van der Waals surface area (Å²) in [5.74, 6) is 4.38. The molecule has 0 amide bonds. The summed E-state index contributed by atoms with van der Waals surface area (Å²) in [4.78, 5) is 66.6. The van der Waals surface area contributed by atoms with Crippen molar-refractivity contribution >= 4 is 35.8 Å². The molecular formula is C63H98O12. The van der Waals surface area contributed by atoms with E-state index in [1.165, 1.54) is 102 Å². The standard InChI is InChI=1S/C15H22O2.C14H20O2.C10H16O2.C9H14O2.C8H14O2.C7H12O2/c1-9(2)14(16)17-15(3)12-5-10-4-11(7-12)8-13(15)6-10;1-3-13(15)16-14(2)11-5-9-4-10(7-11)8-12(14)6-9;1-8(2)9(11)12-10(3)6-4-5-7-10;1-3-8(10)11-9(2)6-4-5-7-9;1-6(2)7(9)10-8(3,4)5;1-5-6(8)9-7(2,3)4/h10-13H,1,4-8H2,2-3H3;3,9-12H,1,4-8H2,2H3;1,4-7H2,2-3H3;3H,1,4-7H2,2H3;1H2,2-5H3;5H,1H2,2-4H3. The minimum atomic E-state index is -0.407. The van der Waals surface area contributed by atoms with Gasteiger partial charge >= 0.3 is 35.8 Å². The van der Waals surface area contributed by atoms with Gasteiger partial charge in [0.15, 0.2) is 0 Å². The predicted molar refractivity (Wildman–Crippen MR) is 296 cm³/mol. The fraction of sp³-hybridized carbons (Fsp3) is 0.714. The molecule has 10 aliphatic carbocycles. The van der Waals surface area contributed by atoms with Gasteiger partial charge in [-0.15, -0.1) is 0 Å². The lowest BCUT2D eigenvalue weighted by Gasteiger charge is -2.59. The first-order valence-corrected chi connectivity index (χ1v) is 27.8. The first-order valence-electron chi connectivity index (χ1n) is 27.8. The maximum absolute atomic E-state index is 11.8. The molecule has 0 aromatic heterocycles. The fourth-order valence-corrected chi connectivity index (χ4v) is 12.9. The zero-order valence-electron chi connectivity index (χ0n) is 48.7. The summed E-state index contributed by atoms with van der Waals surface area (Å²) >= 11 is 0. The number of carbonyl (C=O) groups is 6. The van der Waals surface area contributed by atoms with Gasteiger partial charge in [0.25, 0.3) is 0 Å². The minimum Gasteiger partial charge on any atom is -0.457 e. The van der Waals surface area contributed by atoms with Gasteiger partial charge in [0.05, 0.1) is 0 Å². The van der Waals surface area contributed by atoms with Gasteiger partial charge in [-0.2, -0.15) is 0 Å². The third-order valence-corrected chi connectivity index (χ3v) is 16.5. The van der Waals surface area contributed by atoms with E-state index >= 15 is 0 Å². The molecule has 10 rings (SSSR count). The lowest BCUT2D eigenvalue weighted by Crippen LogP contribution is -2.58. The van der Waals surface area contributed by atoms with Crippen molar-refractivity contribution in [1.82, 2.24) is 0 Å². The van der Waals surface area contributed by atoms with E-state index in [0.717, 1.165) is 55.4 Å². The topological polar surface area (TPSA) is 158 Å². The van der Waals surface area contributed by atoms with Gasteiger partial charge in [0.1, 0.15) is 33.6 Å². The highest BCUT2D eigenvalue weighted by Crippen LogP contribution is 2.60. The number of carbonyl (C=O) groups excluding carboxylic acids is 6. The Balaban J connectivity index is 0.000000242. The molecule has 422 valence electrons. The Kier molecular flexibility index (Phi) is 23.3. The molecule has 0 saturated heterocycles. The van der Waals surface area contributed by atoms with Crippen molar-refractivity contribution in [2.24, 2.45) is 47.3 Å². The zero-order chi connectivity index (χ0) is 56.9. The van der Waals surface area contributed by atoms with Crippen LogP contribution in [0.5, 0.6) is 0 Å². The third kappa shape index (κ3) is 20.0. The van der Waals surface area contributed by atoms with E-state index in [2.05, 4.69) is 53.3 Å². The van der Waals surface area contributed by atoms with Gasteiger partial charge in [-0.1, -0.05) is 39.5 Å². The molecule has 8 bridgehead atoms. The van der Waals surface area contributed by atoms with Crippen LogP contribution in [-0.4, -0.2) is 69.4 Å². The lowest BCUT2D eigenvalue weighted by molar-refractivity contribution is -0.199. The Morgan fingerprint density at radius 2 is 0.680 bits per heavy atom. The highest BCUT2D eigenvalue weighted by molar-refractivity contribution is 5.88. The average Bonchev–Trinajstić information content (AvgIpc) is 3.94. The second kappa shape index (κ2) is 27.0. The zero-order valence-corrected chi connectivity index (χ0v) is 48.7. The molecule has 0 radical (unpaired) electrons. The number of esters is 6. The fourth-order valence-electron chi connectivity index (χ4n) is 12.9. The summed E-state index contributed by atoms with van der Waals surface area (Å²) in [5.41, 5.74) is -0.164. The highest BCUT2D eigenvalue weighted by atomic mass is 16.6. The van der Waals surface area contributed by atoms with Crippen molar-refractivity contribution in [2.45, 2.75) is 239 Å². The van der Waals surface area contributed by atoms with E-state index in [-0.39, 0.29) is 58.2 Å². The van der Waals surface area contributed by atoms with Crippen LogP contribution in [0, 0.1) is 47.3 Å². The maximum atomic E-state index is 11.8. The quantitative estimate of drug-likeness (QED) is 0.116. The number of hydrogen-bond acceptors (Lipinski definition) is 12. The van der Waals surface area contributed by atoms with Crippen molar-refractivity contribution in [3.05, 3.63) is 74.4 Å². The summed E-state index contributed by atoms with van der Waals surface area (Å²) in [5, 5.41) is 0. The molecule has 10 saturated carbocycles. The van der Waals surface area contributed by atoms with E-state index in [9.17, 15) is 28.8 Å². The molecular weight excluding hydrogens is 949 g/mol. The normalized spacial score (nSPS) is 30.2. The lowest BCUT2D eigenvalue weighted by atomic mass is 9.50. The smallest absolute Gasteiger partial charge is 0.333 e. The van der Waals surface area contributed by atoms with E-state index < -0.39 is 11.2 Å². The SMILES string of the molecule is C=C(C)C(=O)OC(C)(C)C.C=C(C)C(=O)OC1(C)C2CC3CC(C2)CC1C3.C=C(C)C(=O)OC1(C)CCCC1.C=CC(=O)OC(C)(C)C.C=CC(=O)OC1(C)C2CC3CC(C2)CC1C3.C=CC(=O)OC1(C)CCCC1. The van der Waals surface area contributed by atoms with Crippen LogP contribution >= 0.6 is 0 Å². The molecule has 75 heavy (non-hydrogen) atoms. The van der Waals surface area contributed by atoms with Crippen molar-refractivity contribution in [1.29, 1.82) is 0 Å². The van der Waals surface area contributed by atoms with Gasteiger partial charge in [-0.05, 0) is 253 Å². The predicted octanol–water partition coefficient (Wildman–Crippen LogP) is 14.2. The summed E-state index contributed by atoms with van der Waals surface area (Å²) in [6.45, 7) is 45.1. The number of ether oxygens (including phenoxy) is 6. The summed E-state index contributed by atoms with van der Waals surface area (Å²) in [6.07, 6.45) is 25.4. The highest BCUT2D eigenvalue weighted by Gasteiger charge is 2.58. The summed E-state index contributed by atoms with van der Waals surface area (Å²) < 4.78 is 31.8. The van der Waals surface area contributed by atoms with E-state index in [1.807, 2.05) is 55.4 Å². The Bertz CT molecular complexity index is 2020. The number of rotatable bonds is 10. The third-order valence-electron chi connectivity index (χ3n) is 16.5. The Hall–Kier alpha value is -4.74. The van der Waals surface area contributed by atoms with Crippen LogP contribution in [-0.2, 0) is 57.2 Å². The second-order valence-electron chi connectivity index (χ2n) is 25.9.